The minimum absolute atomic E-state index is 1.07. The largest absolute Gasteiger partial charge is 0.0651 e. The van der Waals surface area contributed by atoms with Gasteiger partial charge in [0.1, 0.15) is 0 Å². The van der Waals surface area contributed by atoms with Crippen molar-refractivity contribution in [2.45, 2.75) is 33.1 Å². The normalized spacial score (nSPS) is 55.3. The summed E-state index contributed by atoms with van der Waals surface area (Å²) in [4.78, 5) is 0. The summed E-state index contributed by atoms with van der Waals surface area (Å²) < 4.78 is 0. The summed E-state index contributed by atoms with van der Waals surface area (Å²) in [6, 6.07) is 0. The van der Waals surface area contributed by atoms with Crippen LogP contribution in [-0.4, -0.2) is 0 Å². The molecule has 0 aliphatic heterocycles. The Bertz CT molecular complexity index is 111. The SMILES string of the molecule is CCC1C2CC(C2)C1C. The molecule has 2 unspecified atom stereocenters. The minimum Gasteiger partial charge on any atom is -0.0651 e. The molecule has 3 fully saturated rings. The van der Waals surface area contributed by atoms with E-state index in [0.29, 0.717) is 0 Å². The molecule has 2 bridgehead atoms. The Labute approximate surface area is 57.6 Å². The summed E-state index contributed by atoms with van der Waals surface area (Å²) in [6.07, 6.45) is 4.57. The second kappa shape index (κ2) is 1.74. The first kappa shape index (κ1) is 5.76. The fourth-order valence-corrected chi connectivity index (χ4v) is 2.97. The first-order valence-electron chi connectivity index (χ1n) is 4.33. The van der Waals surface area contributed by atoms with E-state index in [2.05, 4.69) is 13.8 Å². The average molecular weight is 124 g/mol. The first-order valence-corrected chi connectivity index (χ1v) is 4.33. The highest BCUT2D eigenvalue weighted by Gasteiger charge is 2.48. The lowest BCUT2D eigenvalue weighted by molar-refractivity contribution is 0.268. The van der Waals surface area contributed by atoms with Gasteiger partial charge in [0.2, 0.25) is 0 Å². The zero-order valence-corrected chi connectivity index (χ0v) is 6.43. The maximum absolute atomic E-state index is 2.45. The molecule has 0 heteroatoms. The van der Waals surface area contributed by atoms with E-state index in [0.717, 1.165) is 23.7 Å². The van der Waals surface area contributed by atoms with Gasteiger partial charge < -0.3 is 0 Å². The molecule has 3 aliphatic carbocycles. The molecule has 3 rings (SSSR count). The standard InChI is InChI=1S/C9H16/c1-3-9-6(2)7-4-8(9)5-7/h6-9H,3-5H2,1-2H3. The molecule has 3 aliphatic rings. The smallest absolute Gasteiger partial charge is 0.0360 e. The van der Waals surface area contributed by atoms with Gasteiger partial charge in [0.05, 0.1) is 0 Å². The molecule has 9 heavy (non-hydrogen) atoms. The predicted octanol–water partition coefficient (Wildman–Crippen LogP) is 2.69. The maximum atomic E-state index is 2.45. The van der Waals surface area contributed by atoms with E-state index < -0.39 is 0 Å². The number of fused-ring (bicyclic) bond motifs is 1. The first-order chi connectivity index (χ1) is 4.33. The quantitative estimate of drug-likeness (QED) is 0.504. The predicted molar refractivity (Wildman–Crippen MR) is 39.2 cm³/mol. The molecule has 52 valence electrons. The highest BCUT2D eigenvalue weighted by atomic mass is 14.5. The topological polar surface area (TPSA) is 0 Å². The van der Waals surface area contributed by atoms with Gasteiger partial charge in [0.15, 0.2) is 0 Å². The zero-order valence-electron chi connectivity index (χ0n) is 6.43. The molecule has 2 atom stereocenters. The Morgan fingerprint density at radius 1 is 1.22 bits per heavy atom. The molecule has 0 nitrogen and oxygen atoms in total. The third-order valence-corrected chi connectivity index (χ3v) is 3.71. The summed E-state index contributed by atoms with van der Waals surface area (Å²) in [5.41, 5.74) is 0. The molecule has 0 aromatic rings. The van der Waals surface area contributed by atoms with E-state index in [1.807, 2.05) is 0 Å². The van der Waals surface area contributed by atoms with Crippen LogP contribution in [0.15, 0.2) is 0 Å². The fraction of sp³-hybridized carbons (Fsp3) is 1.00. The Kier molecular flexibility index (Phi) is 1.12. The highest BCUT2D eigenvalue weighted by molar-refractivity contribution is 4.97. The fourth-order valence-electron chi connectivity index (χ4n) is 2.97. The van der Waals surface area contributed by atoms with Crippen LogP contribution in [0.4, 0.5) is 0 Å². The third kappa shape index (κ3) is 0.595. The van der Waals surface area contributed by atoms with Gasteiger partial charge in [-0.05, 0) is 36.5 Å². The third-order valence-electron chi connectivity index (χ3n) is 3.71. The lowest BCUT2D eigenvalue weighted by atomic mass is 9.82. The van der Waals surface area contributed by atoms with Gasteiger partial charge in [-0.3, -0.25) is 0 Å². The monoisotopic (exact) mass is 124 g/mol. The lowest BCUT2D eigenvalue weighted by Crippen LogP contribution is -2.13. The van der Waals surface area contributed by atoms with E-state index >= 15 is 0 Å². The molecule has 0 radical (unpaired) electrons. The van der Waals surface area contributed by atoms with Crippen molar-refractivity contribution in [3.63, 3.8) is 0 Å². The second-order valence-corrected chi connectivity index (χ2v) is 3.92. The van der Waals surface area contributed by atoms with Crippen LogP contribution in [-0.2, 0) is 0 Å². The van der Waals surface area contributed by atoms with Gasteiger partial charge in [-0.2, -0.15) is 0 Å². The molecular weight excluding hydrogens is 108 g/mol. The van der Waals surface area contributed by atoms with Crippen LogP contribution in [0, 0.1) is 23.7 Å². The van der Waals surface area contributed by atoms with Gasteiger partial charge >= 0.3 is 0 Å². The highest BCUT2D eigenvalue weighted by Crippen LogP contribution is 2.57. The molecule has 0 amide bonds. The van der Waals surface area contributed by atoms with E-state index in [-0.39, 0.29) is 0 Å². The van der Waals surface area contributed by atoms with Gasteiger partial charge in [-0.1, -0.05) is 20.3 Å². The Morgan fingerprint density at radius 3 is 2.11 bits per heavy atom. The van der Waals surface area contributed by atoms with Crippen molar-refractivity contribution < 1.29 is 0 Å². The van der Waals surface area contributed by atoms with Gasteiger partial charge in [-0.25, -0.2) is 0 Å². The average Bonchev–Trinajstić information content (AvgIpc) is 2.15. The molecule has 3 saturated carbocycles. The summed E-state index contributed by atoms with van der Waals surface area (Å²) in [7, 11) is 0. The van der Waals surface area contributed by atoms with Crippen LogP contribution < -0.4 is 0 Å². The van der Waals surface area contributed by atoms with Crippen molar-refractivity contribution in [3.05, 3.63) is 0 Å². The summed E-state index contributed by atoms with van der Waals surface area (Å²) in [6.45, 7) is 4.80. The molecule has 0 saturated heterocycles. The van der Waals surface area contributed by atoms with E-state index in [1.54, 1.807) is 12.8 Å². The van der Waals surface area contributed by atoms with Crippen LogP contribution in [0.3, 0.4) is 0 Å². The van der Waals surface area contributed by atoms with Crippen LogP contribution in [0.5, 0.6) is 0 Å². The minimum atomic E-state index is 1.07. The van der Waals surface area contributed by atoms with Crippen molar-refractivity contribution in [2.75, 3.05) is 0 Å². The van der Waals surface area contributed by atoms with Crippen LogP contribution >= 0.6 is 0 Å². The van der Waals surface area contributed by atoms with Gasteiger partial charge in [-0.15, -0.1) is 0 Å². The van der Waals surface area contributed by atoms with Crippen molar-refractivity contribution in [1.29, 1.82) is 0 Å². The summed E-state index contributed by atoms with van der Waals surface area (Å²) in [5, 5.41) is 0. The van der Waals surface area contributed by atoms with Crippen LogP contribution in [0.25, 0.3) is 0 Å². The van der Waals surface area contributed by atoms with Crippen LogP contribution in [0.1, 0.15) is 33.1 Å². The van der Waals surface area contributed by atoms with Gasteiger partial charge in [0, 0.05) is 0 Å². The van der Waals surface area contributed by atoms with Crippen molar-refractivity contribution in [2.24, 2.45) is 23.7 Å². The molecule has 0 N–H and O–H groups in total. The van der Waals surface area contributed by atoms with E-state index in [9.17, 15) is 0 Å². The summed E-state index contributed by atoms with van der Waals surface area (Å²) in [5.74, 6) is 4.46. The van der Waals surface area contributed by atoms with E-state index in [4.69, 9.17) is 0 Å². The Balaban J connectivity index is 2.08. The van der Waals surface area contributed by atoms with Crippen molar-refractivity contribution >= 4 is 0 Å². The second-order valence-electron chi connectivity index (χ2n) is 3.92. The maximum Gasteiger partial charge on any atom is -0.0360 e. The lowest BCUT2D eigenvalue weighted by Gasteiger charge is -2.24. The molecule has 0 heterocycles. The van der Waals surface area contributed by atoms with Crippen LogP contribution in [0.2, 0.25) is 0 Å². The Hall–Kier alpha value is 0. The van der Waals surface area contributed by atoms with E-state index in [1.165, 1.54) is 6.42 Å². The van der Waals surface area contributed by atoms with Gasteiger partial charge in [0.25, 0.3) is 0 Å². The molecule has 0 spiro atoms. The Morgan fingerprint density at radius 2 is 1.89 bits per heavy atom. The van der Waals surface area contributed by atoms with Crippen molar-refractivity contribution in [1.82, 2.24) is 0 Å². The zero-order chi connectivity index (χ0) is 6.43. The van der Waals surface area contributed by atoms with Crippen molar-refractivity contribution in [3.8, 4) is 0 Å². The molecule has 0 aromatic carbocycles. The summed E-state index contributed by atoms with van der Waals surface area (Å²) >= 11 is 0. The number of rotatable bonds is 1. The number of hydrogen-bond donors (Lipinski definition) is 0. The number of hydrogen-bond acceptors (Lipinski definition) is 0. The molecular formula is C9H16. The molecule has 0 aromatic heterocycles.